The highest BCUT2D eigenvalue weighted by Gasteiger charge is 2.31. The molecule has 10 heteroatoms. The molecule has 2 unspecified atom stereocenters. The summed E-state index contributed by atoms with van der Waals surface area (Å²) in [6, 6.07) is 9.48. The average Bonchev–Trinajstić information content (AvgIpc) is 2.75. The van der Waals surface area contributed by atoms with Crippen LogP contribution in [0.15, 0.2) is 48.5 Å². The summed E-state index contributed by atoms with van der Waals surface area (Å²) in [5.74, 6) is -2.42. The van der Waals surface area contributed by atoms with Crippen molar-refractivity contribution in [2.24, 2.45) is 0 Å². The summed E-state index contributed by atoms with van der Waals surface area (Å²) in [7, 11) is -3.97. The second-order valence-electron chi connectivity index (χ2n) is 7.86. The topological polar surface area (TPSA) is 86.8 Å². The fourth-order valence-corrected chi connectivity index (χ4v) is 3.94. The Morgan fingerprint density at radius 2 is 1.73 bits per heavy atom. The van der Waals surface area contributed by atoms with E-state index in [-0.39, 0.29) is 23.8 Å². The minimum atomic E-state index is -3.97. The maximum Gasteiger partial charge on any atom is 0.244 e. The molecular weight excluding hydrogens is 452 g/mol. The first-order valence-corrected chi connectivity index (χ1v) is 12.3. The van der Waals surface area contributed by atoms with Crippen molar-refractivity contribution in [3.63, 3.8) is 0 Å². The summed E-state index contributed by atoms with van der Waals surface area (Å²) in [6.07, 6.45) is 1.56. The molecule has 0 aliphatic rings. The summed E-state index contributed by atoms with van der Waals surface area (Å²) in [4.78, 5) is 27.2. The van der Waals surface area contributed by atoms with Crippen molar-refractivity contribution >= 4 is 27.5 Å². The van der Waals surface area contributed by atoms with Crippen LogP contribution in [-0.4, -0.2) is 50.0 Å². The second kappa shape index (κ2) is 11.2. The molecule has 7 nitrogen and oxygen atoms in total. The number of carbonyl (C=O) groups is 2. The molecular formula is C23H29F2N3O4S. The Labute approximate surface area is 193 Å². The van der Waals surface area contributed by atoms with Crippen LogP contribution in [0.25, 0.3) is 0 Å². The summed E-state index contributed by atoms with van der Waals surface area (Å²) >= 11 is 0. The number of halogens is 2. The third-order valence-electron chi connectivity index (χ3n) is 5.24. The largest absolute Gasteiger partial charge is 0.352 e. The number of amides is 2. The van der Waals surface area contributed by atoms with Crippen LogP contribution in [0.4, 0.5) is 14.5 Å². The van der Waals surface area contributed by atoms with E-state index in [4.69, 9.17) is 0 Å². The minimum Gasteiger partial charge on any atom is -0.352 e. The molecule has 0 spiro atoms. The number of nitrogens with zero attached hydrogens (tertiary/aromatic N) is 2. The van der Waals surface area contributed by atoms with Crippen molar-refractivity contribution < 1.29 is 26.8 Å². The summed E-state index contributed by atoms with van der Waals surface area (Å²) < 4.78 is 53.6. The lowest BCUT2D eigenvalue weighted by atomic mass is 10.1. The number of rotatable bonds is 10. The first-order chi connectivity index (χ1) is 15.4. The molecule has 0 aliphatic carbocycles. The quantitative estimate of drug-likeness (QED) is 0.565. The molecule has 33 heavy (non-hydrogen) atoms. The van der Waals surface area contributed by atoms with Crippen molar-refractivity contribution in [2.75, 3.05) is 17.1 Å². The van der Waals surface area contributed by atoms with Crippen LogP contribution in [-0.2, 0) is 26.2 Å². The number of hydrogen-bond donors (Lipinski definition) is 1. The number of sulfonamides is 1. The lowest BCUT2D eigenvalue weighted by molar-refractivity contribution is -0.139. The predicted molar refractivity (Wildman–Crippen MR) is 123 cm³/mol. The molecule has 1 N–H and O–H groups in total. The molecule has 0 aliphatic heterocycles. The van der Waals surface area contributed by atoms with Crippen molar-refractivity contribution in [3.05, 3.63) is 65.7 Å². The van der Waals surface area contributed by atoms with Crippen LogP contribution >= 0.6 is 0 Å². The van der Waals surface area contributed by atoms with Crippen LogP contribution in [0.2, 0.25) is 0 Å². The zero-order valence-corrected chi connectivity index (χ0v) is 19.9. The van der Waals surface area contributed by atoms with E-state index in [0.717, 1.165) is 27.6 Å². The third-order valence-corrected chi connectivity index (χ3v) is 6.38. The van der Waals surface area contributed by atoms with Gasteiger partial charge in [0.05, 0.1) is 11.9 Å². The van der Waals surface area contributed by atoms with Gasteiger partial charge >= 0.3 is 0 Å². The van der Waals surface area contributed by atoms with E-state index >= 15 is 0 Å². The number of hydrogen-bond acceptors (Lipinski definition) is 4. The lowest BCUT2D eigenvalue weighted by Gasteiger charge is -2.32. The molecule has 0 heterocycles. The monoisotopic (exact) mass is 481 g/mol. The number of benzene rings is 2. The Hall–Kier alpha value is -3.01. The van der Waals surface area contributed by atoms with E-state index in [9.17, 15) is 26.8 Å². The summed E-state index contributed by atoms with van der Waals surface area (Å²) in [5.41, 5.74) is 0.138. The molecule has 0 aromatic heterocycles. The zero-order chi connectivity index (χ0) is 24.8. The molecule has 180 valence electrons. The van der Waals surface area contributed by atoms with Crippen molar-refractivity contribution in [1.29, 1.82) is 0 Å². The van der Waals surface area contributed by atoms with Gasteiger partial charge in [0, 0.05) is 18.2 Å². The first kappa shape index (κ1) is 26.2. The van der Waals surface area contributed by atoms with E-state index < -0.39 is 46.1 Å². The Morgan fingerprint density at radius 3 is 2.30 bits per heavy atom. The van der Waals surface area contributed by atoms with Gasteiger partial charge in [-0.05, 0) is 44.5 Å². The van der Waals surface area contributed by atoms with E-state index in [0.29, 0.717) is 6.42 Å². The standard InChI is InChI=1S/C23H29F2N3O4S/c1-5-16(2)26-23(30)17(3)27(14-18-9-6-7-12-21(18)25)22(29)15-28(33(4,31)32)20-11-8-10-19(24)13-20/h6-13,16-17H,5,14-15H2,1-4H3,(H,26,30). The van der Waals surface area contributed by atoms with Gasteiger partial charge in [-0.15, -0.1) is 0 Å². The van der Waals surface area contributed by atoms with Gasteiger partial charge < -0.3 is 10.2 Å². The third kappa shape index (κ3) is 7.24. The van der Waals surface area contributed by atoms with Gasteiger partial charge in [0.25, 0.3) is 0 Å². The second-order valence-corrected chi connectivity index (χ2v) is 9.76. The van der Waals surface area contributed by atoms with E-state index in [1.54, 1.807) is 6.07 Å². The summed E-state index contributed by atoms with van der Waals surface area (Å²) in [6.45, 7) is 4.26. The fraction of sp³-hybridized carbons (Fsp3) is 0.391. The van der Waals surface area contributed by atoms with Crippen LogP contribution in [0, 0.1) is 11.6 Å². The minimum absolute atomic E-state index is 0.0339. The Morgan fingerprint density at radius 1 is 1.06 bits per heavy atom. The van der Waals surface area contributed by atoms with Gasteiger partial charge in [0.15, 0.2) is 0 Å². The number of nitrogens with one attached hydrogen (secondary N) is 1. The summed E-state index contributed by atoms with van der Waals surface area (Å²) in [5, 5.41) is 2.78. The highest BCUT2D eigenvalue weighted by molar-refractivity contribution is 7.92. The van der Waals surface area contributed by atoms with Gasteiger partial charge in [-0.2, -0.15) is 0 Å². The number of carbonyl (C=O) groups excluding carboxylic acids is 2. The zero-order valence-electron chi connectivity index (χ0n) is 19.1. The molecule has 2 aromatic carbocycles. The molecule has 2 aromatic rings. The molecule has 0 radical (unpaired) electrons. The van der Waals surface area contributed by atoms with Crippen LogP contribution in [0.3, 0.4) is 0 Å². The predicted octanol–water partition coefficient (Wildman–Crippen LogP) is 3.06. The van der Waals surface area contributed by atoms with Crippen molar-refractivity contribution in [1.82, 2.24) is 10.2 Å². The normalized spacial score (nSPS) is 13.2. The van der Waals surface area contributed by atoms with Crippen LogP contribution in [0.5, 0.6) is 0 Å². The molecule has 2 atom stereocenters. The Kier molecular flexibility index (Phi) is 8.92. The SMILES string of the molecule is CCC(C)NC(=O)C(C)N(Cc1ccccc1F)C(=O)CN(c1cccc(F)c1)S(C)(=O)=O. The molecule has 0 bridgehead atoms. The first-order valence-electron chi connectivity index (χ1n) is 10.5. The van der Waals surface area contributed by atoms with E-state index in [1.165, 1.54) is 37.3 Å². The van der Waals surface area contributed by atoms with Gasteiger partial charge in [0.1, 0.15) is 24.2 Å². The van der Waals surface area contributed by atoms with Crippen molar-refractivity contribution in [2.45, 2.75) is 45.8 Å². The van der Waals surface area contributed by atoms with E-state index in [1.807, 2.05) is 13.8 Å². The number of anilines is 1. The molecule has 0 saturated carbocycles. The van der Waals surface area contributed by atoms with E-state index in [2.05, 4.69) is 5.32 Å². The highest BCUT2D eigenvalue weighted by atomic mass is 32.2. The van der Waals surface area contributed by atoms with Crippen LogP contribution < -0.4 is 9.62 Å². The van der Waals surface area contributed by atoms with Gasteiger partial charge in [-0.1, -0.05) is 31.2 Å². The van der Waals surface area contributed by atoms with Gasteiger partial charge in [-0.3, -0.25) is 13.9 Å². The lowest BCUT2D eigenvalue weighted by Crippen LogP contribution is -2.52. The van der Waals surface area contributed by atoms with Crippen molar-refractivity contribution in [3.8, 4) is 0 Å². The maximum atomic E-state index is 14.3. The molecule has 0 saturated heterocycles. The Balaban J connectivity index is 2.40. The maximum absolute atomic E-state index is 14.3. The van der Waals surface area contributed by atoms with Gasteiger partial charge in [0.2, 0.25) is 21.8 Å². The van der Waals surface area contributed by atoms with Gasteiger partial charge in [-0.25, -0.2) is 17.2 Å². The highest BCUT2D eigenvalue weighted by Crippen LogP contribution is 2.20. The average molecular weight is 482 g/mol. The smallest absolute Gasteiger partial charge is 0.244 e. The molecule has 2 rings (SSSR count). The Bertz CT molecular complexity index is 1090. The molecule has 2 amide bonds. The fourth-order valence-electron chi connectivity index (χ4n) is 3.10. The molecule has 0 fully saturated rings. The van der Waals surface area contributed by atoms with Crippen LogP contribution in [0.1, 0.15) is 32.8 Å².